The van der Waals surface area contributed by atoms with Crippen molar-refractivity contribution >= 4 is 192 Å². The number of rotatable bonds is 54. The molecule has 27 heteroatoms. The van der Waals surface area contributed by atoms with Crippen molar-refractivity contribution in [1.29, 1.82) is 0 Å². The summed E-state index contributed by atoms with van der Waals surface area (Å²) in [6, 6.07) is 42.8. The van der Waals surface area contributed by atoms with Gasteiger partial charge >= 0.3 is 11.9 Å². The van der Waals surface area contributed by atoms with Gasteiger partial charge in [-0.3, -0.25) is 33.6 Å². The molecule has 7 rings (SSSR count). The van der Waals surface area contributed by atoms with Crippen LogP contribution in [0.15, 0.2) is 151 Å². The van der Waals surface area contributed by atoms with E-state index < -0.39 is 16.2 Å². The number of hydrogen-bond acceptors (Lipinski definition) is 24. The van der Waals surface area contributed by atoms with E-state index in [0.717, 1.165) is 137 Å². The topological polar surface area (TPSA) is 219 Å². The number of thiocarbonyl (C=S) groups is 3. The maximum Gasteiger partial charge on any atom is 0.311 e. The van der Waals surface area contributed by atoms with Gasteiger partial charge in [0, 0.05) is 116 Å². The number of nitrogens with one attached hydrogen (secondary N) is 4. The molecule has 716 valence electrons. The lowest BCUT2D eigenvalue weighted by atomic mass is 9.75. The number of aromatic nitrogens is 1. The number of benzene rings is 4. The molecule has 0 aliphatic carbocycles. The average Bonchev–Trinajstić information content (AvgIpc) is 1.63. The van der Waals surface area contributed by atoms with Gasteiger partial charge in [0.2, 0.25) is 17.7 Å². The largest absolute Gasteiger partial charge is 0.508 e. The molecule has 129 heavy (non-hydrogen) atoms. The number of aryl methyl sites for hydroxylation is 2. The molecule has 0 bridgehead atoms. The van der Waals surface area contributed by atoms with Crippen molar-refractivity contribution in [3.05, 3.63) is 174 Å². The number of allylic oxidation sites excluding steroid dienone is 1. The Morgan fingerprint density at radius 3 is 1.40 bits per heavy atom. The van der Waals surface area contributed by atoms with E-state index in [1.54, 1.807) is 104 Å². The number of Topliss-reactive ketones (excluding diaryl/α,β-unsaturated/α-hetero) is 2. The molecule has 0 radical (unpaired) electrons. The van der Waals surface area contributed by atoms with Crippen LogP contribution in [0.5, 0.6) is 5.75 Å². The fraction of sp³-hybridized carbons (Fsp3) is 0.598. The Balaban J connectivity index is 0.000000406. The molecule has 3 heterocycles. The molecule has 4 aromatic carbocycles. The molecule has 0 saturated carbocycles. The molecule has 9 atom stereocenters. The molecule has 0 spiro atoms. The smallest absolute Gasteiger partial charge is 0.311 e. The van der Waals surface area contributed by atoms with Crippen LogP contribution in [0, 0.1) is 46.8 Å². The second-order valence-corrected chi connectivity index (χ2v) is 50.4. The van der Waals surface area contributed by atoms with Crippen molar-refractivity contribution in [3.8, 4) is 5.75 Å². The zero-order chi connectivity index (χ0) is 94.2. The molecular weight excluding hydrogens is 1840 g/mol. The van der Waals surface area contributed by atoms with E-state index in [0.29, 0.717) is 100 Å². The molecule has 15 nitrogen and oxygen atoms in total. The second kappa shape index (κ2) is 63.7. The number of ether oxygens (including phenoxy) is 2. The number of carbonyl (C=O) groups excluding carboxylic acids is 7. The third kappa shape index (κ3) is 46.7. The Bertz CT molecular complexity index is 4180. The van der Waals surface area contributed by atoms with Gasteiger partial charge in [-0.05, 0) is 239 Å². The Morgan fingerprint density at radius 2 is 0.977 bits per heavy atom. The van der Waals surface area contributed by atoms with Crippen LogP contribution in [-0.2, 0) is 49.5 Å². The van der Waals surface area contributed by atoms with Crippen molar-refractivity contribution in [1.82, 2.24) is 26.3 Å². The Hall–Kier alpha value is -4.52. The van der Waals surface area contributed by atoms with Gasteiger partial charge in [-0.25, -0.2) is 4.98 Å². The third-order valence-corrected chi connectivity index (χ3v) is 34.9. The fourth-order valence-electron chi connectivity index (χ4n) is 15.1. The van der Waals surface area contributed by atoms with E-state index in [1.807, 2.05) is 187 Å². The minimum absolute atomic E-state index is 0. The summed E-state index contributed by atoms with van der Waals surface area (Å²) in [7, 11) is 3.16. The van der Waals surface area contributed by atoms with Crippen molar-refractivity contribution < 1.29 is 48.1 Å². The summed E-state index contributed by atoms with van der Waals surface area (Å²) in [5, 5.41) is 24.4. The predicted molar refractivity (Wildman–Crippen MR) is 575 cm³/mol. The number of amides is 3. The van der Waals surface area contributed by atoms with Crippen LogP contribution in [0.25, 0.3) is 0 Å². The van der Waals surface area contributed by atoms with Crippen LogP contribution in [0.3, 0.4) is 0 Å². The first-order valence-electron chi connectivity index (χ1n) is 45.9. The molecule has 5 aromatic rings. The van der Waals surface area contributed by atoms with Gasteiger partial charge in [-0.15, -0.1) is 35.3 Å². The van der Waals surface area contributed by atoms with E-state index in [2.05, 4.69) is 90.0 Å². The van der Waals surface area contributed by atoms with Crippen molar-refractivity contribution in [3.63, 3.8) is 0 Å². The van der Waals surface area contributed by atoms with E-state index in [-0.39, 0.29) is 113 Å². The molecule has 5 N–H and O–H groups in total. The van der Waals surface area contributed by atoms with Crippen LogP contribution in [0.1, 0.15) is 290 Å². The van der Waals surface area contributed by atoms with Crippen LogP contribution in [0.2, 0.25) is 0 Å². The number of esters is 2. The number of ketones is 2. The number of unbranched alkanes of at least 4 members (excludes halogenated alkanes) is 4. The number of pyridine rings is 1. The number of carbonyl (C=O) groups is 7. The van der Waals surface area contributed by atoms with E-state index in [4.69, 9.17) is 46.1 Å². The Kier molecular flexibility index (Phi) is 57.7. The summed E-state index contributed by atoms with van der Waals surface area (Å²) < 4.78 is 13.9. The summed E-state index contributed by atoms with van der Waals surface area (Å²) in [5.74, 6) is 4.43. The van der Waals surface area contributed by atoms with E-state index >= 15 is 0 Å². The Morgan fingerprint density at radius 1 is 0.543 bits per heavy atom. The summed E-state index contributed by atoms with van der Waals surface area (Å²) in [6.45, 7) is 36.4. The summed E-state index contributed by atoms with van der Waals surface area (Å²) >= 11 is 29.4. The highest BCUT2D eigenvalue weighted by atomic mass is 33.1. The van der Waals surface area contributed by atoms with Gasteiger partial charge in [0.1, 0.15) is 39.5 Å². The number of thioether (sulfide) groups is 7. The molecule has 2 fully saturated rings. The standard InChI is InChI=1S/C38H58N2O4S4.C33H47NO3S3.C30H42N2O3S5.CH4/c1-7-8-21-46-37(45)48-33(28-15-10-9-11-16-28)23-29(36(43)39-26(2)3)24-38(5,6)34(41)18-14-20-44-35(42)19-13-12-17-32-30-22-27(4)40-31(30)25-47-32;1-7-8-19-39-32(38)40-29(26-14-10-9-11-15-26)21-27(31(37)34-23(2)3)22-33(5,6)30(36)16-12-13-25-18-17-24(4)28(35)20-25;1-6-7-18-37-29(36)39-25(23-13-9-8-10-14-23)20-24(27(33)32-22(2)3)21-30(4,5)28(34)35-17-19-38-40-26-15-11-12-16-31-26;/h9-11,15-16,26,29-33,40H,4,7-8,12-14,17-25H2,1-3,5-6H3,(H,39,43);9-11,14-15,17-18,20,23,27,29,35H,7-8,12-13,16,19,21-22H2,1-6H3,(H,34,37);8-16,22,24-25H,6-7,17-21H2,1-5H3,(H,32,33);1H4/t29?,30-,31-,32-,33?;;;/m0.../s1. The molecule has 6 unspecified atom stereocenters. The van der Waals surface area contributed by atoms with Crippen LogP contribution < -0.4 is 21.3 Å². The quantitative estimate of drug-likeness (QED) is 0.0106. The highest BCUT2D eigenvalue weighted by molar-refractivity contribution is 8.76. The van der Waals surface area contributed by atoms with Crippen molar-refractivity contribution in [2.45, 2.75) is 310 Å². The van der Waals surface area contributed by atoms with Gasteiger partial charge < -0.3 is 35.8 Å². The highest BCUT2D eigenvalue weighted by Gasteiger charge is 2.42. The third-order valence-electron chi connectivity index (χ3n) is 22.2. The number of fused-ring (bicyclic) bond motifs is 1. The SMILES string of the molecule is C.C=C1C[C@H]2[C@H](CS[C@H]2CCCCC(=O)OCCCC(=O)C(C)(C)CC(CC(SC(=S)SCCCC)c2ccccc2)C(=O)NC(C)C)N1.CCCCSC(=S)SC(CC(CC(C)(C)C(=O)CCCc1ccc(C)c(O)c1)C(=O)NC(C)C)c1ccccc1.CCCCSC(=S)SC(CC(CC(C)(C)C(=O)OCCSSc1ccccn1)C(=O)NC(C)C)c1ccccc1. The first-order valence-corrected chi connectivity index (χ1v) is 56.1. The minimum atomic E-state index is -0.819. The zero-order valence-electron chi connectivity index (χ0n) is 78.8. The fourth-order valence-corrected chi connectivity index (χ4v) is 27.2. The lowest BCUT2D eigenvalue weighted by Crippen LogP contribution is -2.40. The molecule has 1 aromatic heterocycles. The van der Waals surface area contributed by atoms with Crippen LogP contribution >= 0.6 is 141 Å². The maximum absolute atomic E-state index is 13.6. The minimum Gasteiger partial charge on any atom is -0.508 e. The van der Waals surface area contributed by atoms with Gasteiger partial charge in [-0.1, -0.05) is 280 Å². The molecule has 2 saturated heterocycles. The van der Waals surface area contributed by atoms with Crippen molar-refractivity contribution in [2.75, 3.05) is 42.0 Å². The molecule has 2 aliphatic heterocycles. The van der Waals surface area contributed by atoms with E-state index in [9.17, 15) is 38.7 Å². The number of phenolic OH excluding ortho intramolecular Hbond substituents is 1. The van der Waals surface area contributed by atoms with Gasteiger partial charge in [0.25, 0.3) is 0 Å². The lowest BCUT2D eigenvalue weighted by Gasteiger charge is -2.31. The summed E-state index contributed by atoms with van der Waals surface area (Å²) in [4.78, 5) is 97.2. The number of hydrogen-bond donors (Lipinski definition) is 5. The normalized spacial score (nSPS) is 15.7. The van der Waals surface area contributed by atoms with Gasteiger partial charge in [0.15, 0.2) is 0 Å². The molecule has 3 amide bonds. The maximum atomic E-state index is 13.6. The monoisotopic (exact) mass is 1990 g/mol. The average molecular weight is 1990 g/mol. The summed E-state index contributed by atoms with van der Waals surface area (Å²) in [5.41, 5.74) is 4.30. The number of nitrogens with zero attached hydrogens (tertiary/aromatic N) is 1. The van der Waals surface area contributed by atoms with Gasteiger partial charge in [-0.2, -0.15) is 11.8 Å². The zero-order valence-corrected chi connectivity index (χ0v) is 88.6. The molecule has 2 aliphatic rings. The first kappa shape index (κ1) is 117. The second-order valence-electron chi connectivity index (χ2n) is 36.2. The van der Waals surface area contributed by atoms with Gasteiger partial charge in [0.05, 0.1) is 12.0 Å². The van der Waals surface area contributed by atoms with Crippen molar-refractivity contribution in [2.24, 2.45) is 39.9 Å². The number of aromatic hydroxyl groups is 1. The number of phenols is 1. The van der Waals surface area contributed by atoms with E-state index in [1.165, 1.54) is 5.70 Å². The Labute approximate surface area is 830 Å². The van der Waals surface area contributed by atoms with Crippen LogP contribution in [-0.4, -0.2) is 133 Å². The molecular formula is C102H151N5O10S12. The van der Waals surface area contributed by atoms with Crippen LogP contribution in [0.4, 0.5) is 0 Å². The first-order chi connectivity index (χ1) is 60.9. The highest BCUT2D eigenvalue weighted by Crippen LogP contribution is 2.47. The predicted octanol–water partition coefficient (Wildman–Crippen LogP) is 27.4. The summed E-state index contributed by atoms with van der Waals surface area (Å²) in [6.07, 6.45) is 18.8. The lowest BCUT2D eigenvalue weighted by molar-refractivity contribution is -0.154.